The number of likely N-dealkylation sites (tertiary alicyclic amines) is 3. The predicted molar refractivity (Wildman–Crippen MR) is 131 cm³/mol. The van der Waals surface area contributed by atoms with Gasteiger partial charge in [-0.05, 0) is 70.6 Å². The monoisotopic (exact) mass is 529 g/mol. The number of nitriles is 1. The van der Waals surface area contributed by atoms with Crippen LogP contribution in [0.1, 0.15) is 58.6 Å². The van der Waals surface area contributed by atoms with Crippen molar-refractivity contribution in [3.63, 3.8) is 0 Å². The standard InChI is InChI=1S/C27H33F2N5O4/c1-14(15-5-17(28)9-18(29)6-15)33-20-10-23(25(33)36)32(12-20)13-21(31-26(37)38-27(2,3)4)24(35)34-19(11-30)7-16-8-22(16)34/h5-6,9,14,16,19-23H,7-8,10,12-13H2,1-4H3,(H,31,37)/t14?,16-,19?,20?,21?,22+,23?/m1/s1. The van der Waals surface area contributed by atoms with Crippen LogP contribution in [0.15, 0.2) is 18.2 Å². The summed E-state index contributed by atoms with van der Waals surface area (Å²) >= 11 is 0. The summed E-state index contributed by atoms with van der Waals surface area (Å²) in [7, 11) is 0. The molecule has 5 unspecified atom stereocenters. The highest BCUT2D eigenvalue weighted by Gasteiger charge is 2.56. The minimum atomic E-state index is -0.990. The average Bonchev–Trinajstić information content (AvgIpc) is 3.14. The van der Waals surface area contributed by atoms with E-state index in [4.69, 9.17) is 4.74 Å². The first kappa shape index (κ1) is 26.4. The molecule has 0 radical (unpaired) electrons. The number of carbonyl (C=O) groups is 3. The van der Waals surface area contributed by atoms with Gasteiger partial charge in [0.05, 0.1) is 18.2 Å². The number of hydrogen-bond donors (Lipinski definition) is 1. The number of fused-ring (bicyclic) bond motifs is 3. The van der Waals surface area contributed by atoms with Gasteiger partial charge in [-0.2, -0.15) is 5.26 Å². The molecule has 1 saturated carbocycles. The first-order valence-corrected chi connectivity index (χ1v) is 13.1. The molecule has 4 fully saturated rings. The second-order valence-corrected chi connectivity index (χ2v) is 11.9. The quantitative estimate of drug-likeness (QED) is 0.608. The van der Waals surface area contributed by atoms with Crippen LogP contribution < -0.4 is 5.32 Å². The molecule has 204 valence electrons. The molecule has 3 amide bonds. The summed E-state index contributed by atoms with van der Waals surface area (Å²) in [6.07, 6.45) is 1.26. The smallest absolute Gasteiger partial charge is 0.408 e. The zero-order valence-electron chi connectivity index (χ0n) is 22.0. The number of alkyl carbamates (subject to hydrolysis) is 1. The molecule has 1 N–H and O–H groups in total. The SMILES string of the molecule is CC(c1cc(F)cc(F)c1)N1C(=O)C2CC1CN2CC(NC(=O)OC(C)(C)C)C(=O)N1C(C#N)C[C@@H]2C[C@@H]21. The van der Waals surface area contributed by atoms with E-state index >= 15 is 0 Å². The number of ether oxygens (including phenoxy) is 1. The molecular formula is C27H33F2N5O4. The zero-order valence-corrected chi connectivity index (χ0v) is 22.0. The summed E-state index contributed by atoms with van der Waals surface area (Å²) in [5, 5.41) is 12.3. The molecular weight excluding hydrogens is 496 g/mol. The Balaban J connectivity index is 1.31. The molecule has 38 heavy (non-hydrogen) atoms. The van der Waals surface area contributed by atoms with Crippen molar-refractivity contribution in [2.45, 2.75) is 88.8 Å². The lowest BCUT2D eigenvalue weighted by Gasteiger charge is -2.39. The first-order valence-electron chi connectivity index (χ1n) is 13.1. The van der Waals surface area contributed by atoms with Crippen molar-refractivity contribution in [3.8, 4) is 6.07 Å². The number of halogens is 2. The first-order chi connectivity index (χ1) is 17.9. The van der Waals surface area contributed by atoms with Crippen molar-refractivity contribution in [3.05, 3.63) is 35.4 Å². The topological polar surface area (TPSA) is 106 Å². The lowest BCUT2D eigenvalue weighted by atomic mass is 10.0. The van der Waals surface area contributed by atoms with Crippen molar-refractivity contribution in [1.29, 1.82) is 5.26 Å². The molecule has 3 heterocycles. The lowest BCUT2D eigenvalue weighted by molar-refractivity contribution is -0.141. The molecule has 9 nitrogen and oxygen atoms in total. The van der Waals surface area contributed by atoms with E-state index < -0.39 is 47.5 Å². The third-order valence-corrected chi connectivity index (χ3v) is 8.01. The summed E-state index contributed by atoms with van der Waals surface area (Å²) in [4.78, 5) is 44.8. The molecule has 0 spiro atoms. The van der Waals surface area contributed by atoms with E-state index in [1.54, 1.807) is 37.5 Å². The number of nitrogens with one attached hydrogen (secondary N) is 1. The Morgan fingerprint density at radius 3 is 2.47 bits per heavy atom. The van der Waals surface area contributed by atoms with Gasteiger partial charge < -0.3 is 19.9 Å². The van der Waals surface area contributed by atoms with E-state index in [0.29, 0.717) is 30.9 Å². The maximum Gasteiger partial charge on any atom is 0.408 e. The molecule has 3 aliphatic heterocycles. The fraction of sp³-hybridized carbons (Fsp3) is 0.630. The number of piperazine rings is 1. The number of nitrogens with zero attached hydrogens (tertiary/aromatic N) is 4. The molecule has 2 bridgehead atoms. The van der Waals surface area contributed by atoms with Gasteiger partial charge in [0.1, 0.15) is 29.3 Å². The minimum absolute atomic E-state index is 0.00903. The molecule has 5 rings (SSSR count). The third kappa shape index (κ3) is 4.94. The number of piperidine rings is 1. The van der Waals surface area contributed by atoms with Crippen LogP contribution in [0.2, 0.25) is 0 Å². The van der Waals surface area contributed by atoms with Gasteiger partial charge in [-0.3, -0.25) is 14.5 Å². The van der Waals surface area contributed by atoms with Crippen LogP contribution in [0.4, 0.5) is 13.6 Å². The Morgan fingerprint density at radius 1 is 1.18 bits per heavy atom. The lowest BCUT2D eigenvalue weighted by Crippen LogP contribution is -2.59. The predicted octanol–water partition coefficient (Wildman–Crippen LogP) is 2.72. The van der Waals surface area contributed by atoms with Gasteiger partial charge in [-0.15, -0.1) is 0 Å². The molecule has 0 aromatic heterocycles. The van der Waals surface area contributed by atoms with Crippen LogP contribution in [-0.4, -0.2) is 81.5 Å². The van der Waals surface area contributed by atoms with E-state index in [1.165, 1.54) is 12.1 Å². The van der Waals surface area contributed by atoms with Gasteiger partial charge in [0.15, 0.2) is 0 Å². The second-order valence-electron chi connectivity index (χ2n) is 11.9. The summed E-state index contributed by atoms with van der Waals surface area (Å²) in [5.74, 6) is -1.60. The van der Waals surface area contributed by atoms with Crippen LogP contribution in [0.25, 0.3) is 0 Å². The van der Waals surface area contributed by atoms with E-state index in [0.717, 1.165) is 12.5 Å². The number of hydrogen-bond acceptors (Lipinski definition) is 6. The summed E-state index contributed by atoms with van der Waals surface area (Å²) in [6.45, 7) is 7.46. The summed E-state index contributed by atoms with van der Waals surface area (Å²) in [6, 6.07) is 2.72. The fourth-order valence-electron chi connectivity index (χ4n) is 6.31. The Hall–Kier alpha value is -3.26. The van der Waals surface area contributed by atoms with E-state index in [2.05, 4.69) is 11.4 Å². The Morgan fingerprint density at radius 2 is 1.87 bits per heavy atom. The Bertz CT molecular complexity index is 1180. The Labute approximate surface area is 220 Å². The fourth-order valence-corrected chi connectivity index (χ4v) is 6.31. The van der Waals surface area contributed by atoms with Crippen molar-refractivity contribution in [2.24, 2.45) is 5.92 Å². The highest BCUT2D eigenvalue weighted by molar-refractivity contribution is 5.89. The van der Waals surface area contributed by atoms with Crippen LogP contribution in [-0.2, 0) is 14.3 Å². The summed E-state index contributed by atoms with van der Waals surface area (Å²) < 4.78 is 33.0. The largest absolute Gasteiger partial charge is 0.444 e. The van der Waals surface area contributed by atoms with Gasteiger partial charge in [0, 0.05) is 31.2 Å². The van der Waals surface area contributed by atoms with Gasteiger partial charge in [-0.25, -0.2) is 13.6 Å². The maximum absolute atomic E-state index is 13.8. The van der Waals surface area contributed by atoms with Crippen LogP contribution in [0, 0.1) is 28.9 Å². The van der Waals surface area contributed by atoms with Crippen LogP contribution in [0.5, 0.6) is 0 Å². The minimum Gasteiger partial charge on any atom is -0.444 e. The third-order valence-electron chi connectivity index (χ3n) is 8.01. The molecule has 1 aromatic rings. The van der Waals surface area contributed by atoms with Crippen molar-refractivity contribution in [2.75, 3.05) is 13.1 Å². The van der Waals surface area contributed by atoms with Gasteiger partial charge in [0.25, 0.3) is 0 Å². The second kappa shape index (κ2) is 9.49. The molecule has 1 aliphatic carbocycles. The molecule has 7 atom stereocenters. The number of benzene rings is 1. The van der Waals surface area contributed by atoms with Crippen molar-refractivity contribution < 1.29 is 27.9 Å². The zero-order chi connectivity index (χ0) is 27.5. The van der Waals surface area contributed by atoms with E-state index in [-0.39, 0.29) is 30.4 Å². The highest BCUT2D eigenvalue weighted by Crippen LogP contribution is 2.48. The van der Waals surface area contributed by atoms with E-state index in [9.17, 15) is 28.4 Å². The number of carbonyl (C=O) groups excluding carboxylic acids is 3. The van der Waals surface area contributed by atoms with Gasteiger partial charge in [-0.1, -0.05) is 0 Å². The number of amides is 3. The van der Waals surface area contributed by atoms with Crippen LogP contribution >= 0.6 is 0 Å². The number of rotatable bonds is 6. The van der Waals surface area contributed by atoms with Crippen molar-refractivity contribution >= 4 is 17.9 Å². The molecule has 4 aliphatic rings. The van der Waals surface area contributed by atoms with E-state index in [1.807, 2.05) is 4.90 Å². The average molecular weight is 530 g/mol. The normalized spacial score (nSPS) is 29.6. The maximum atomic E-state index is 13.8. The Kier molecular flexibility index (Phi) is 6.58. The van der Waals surface area contributed by atoms with Gasteiger partial charge >= 0.3 is 6.09 Å². The molecule has 1 aromatic carbocycles. The molecule has 11 heteroatoms. The van der Waals surface area contributed by atoms with Gasteiger partial charge in [0.2, 0.25) is 11.8 Å². The van der Waals surface area contributed by atoms with Crippen LogP contribution in [0.3, 0.4) is 0 Å². The summed E-state index contributed by atoms with van der Waals surface area (Å²) in [5.41, 5.74) is -0.386. The highest BCUT2D eigenvalue weighted by atomic mass is 19.1. The van der Waals surface area contributed by atoms with Crippen molar-refractivity contribution in [1.82, 2.24) is 20.0 Å². The molecule has 3 saturated heterocycles.